The van der Waals surface area contributed by atoms with Gasteiger partial charge in [0.15, 0.2) is 10.6 Å². The van der Waals surface area contributed by atoms with E-state index in [1.807, 2.05) is 0 Å². The molecule has 0 atom stereocenters. The summed E-state index contributed by atoms with van der Waals surface area (Å²) in [5.74, 6) is -0.801. The van der Waals surface area contributed by atoms with Crippen molar-refractivity contribution in [2.75, 3.05) is 5.32 Å². The van der Waals surface area contributed by atoms with Crippen LogP contribution in [-0.4, -0.2) is 15.7 Å². The molecule has 0 bridgehead atoms. The number of halogens is 5. The number of carbonyl (C=O) groups is 1. The average Bonchev–Trinajstić information content (AvgIpc) is 3.04. The Bertz CT molecular complexity index is 955. The van der Waals surface area contributed by atoms with E-state index in [1.54, 1.807) is 18.2 Å². The number of nitrogens with zero attached hydrogens (tertiary/aromatic N) is 1. The van der Waals surface area contributed by atoms with Gasteiger partial charge in [0, 0.05) is 5.56 Å². The van der Waals surface area contributed by atoms with Gasteiger partial charge in [0.05, 0.1) is 27.5 Å². The van der Waals surface area contributed by atoms with E-state index in [2.05, 4.69) is 10.3 Å². The number of aromatic nitrogens is 1. The lowest BCUT2D eigenvalue weighted by Crippen LogP contribution is -2.19. The van der Waals surface area contributed by atoms with E-state index in [4.69, 9.17) is 50.8 Å². The molecule has 0 aliphatic carbocycles. The molecule has 0 spiro atoms. The maximum atomic E-state index is 13.6. The van der Waals surface area contributed by atoms with Gasteiger partial charge in [-0.05, 0) is 30.3 Å². The summed E-state index contributed by atoms with van der Waals surface area (Å²) in [5.41, 5.74) is 0.946. The highest BCUT2D eigenvalue weighted by Gasteiger charge is 2.19. The van der Waals surface area contributed by atoms with E-state index < -0.39 is 16.6 Å². The van der Waals surface area contributed by atoms with Crippen LogP contribution in [0.25, 0.3) is 22.8 Å². The van der Waals surface area contributed by atoms with E-state index in [0.717, 1.165) is 6.07 Å². The Balaban J connectivity index is 2.03. The number of nitrogens with one attached hydrogen (secondary N) is 1. The molecule has 3 rings (SSSR count). The molecule has 1 heterocycles. The van der Waals surface area contributed by atoms with Crippen LogP contribution >= 0.6 is 46.4 Å². The highest BCUT2D eigenvalue weighted by Crippen LogP contribution is 2.37. The monoisotopic (exact) mass is 432 g/mol. The fraction of sp³-hybridized carbons (Fsp3) is 0.0588. The van der Waals surface area contributed by atoms with Crippen molar-refractivity contribution in [3.8, 4) is 22.8 Å². The van der Waals surface area contributed by atoms with Crippen LogP contribution in [0.4, 0.5) is 10.1 Å². The summed E-state index contributed by atoms with van der Waals surface area (Å²) in [5, 5.41) is 3.17. The second-order valence-corrected chi connectivity index (χ2v) is 7.02. The zero-order valence-electron chi connectivity index (χ0n) is 12.8. The van der Waals surface area contributed by atoms with Crippen molar-refractivity contribution in [1.29, 1.82) is 0 Å². The fourth-order valence-electron chi connectivity index (χ4n) is 2.24. The standard InChI is InChI=1S/C17H9Cl4FN2O2/c18-10-2-1-3-11(19)14(10)17-23-7-13(26-17)9-5-4-8(22)6-12(9)24-16(25)15(20)21/h1-7,15H,(H,24,25). The molecule has 0 aliphatic heterocycles. The molecule has 0 saturated carbocycles. The van der Waals surface area contributed by atoms with Crippen LogP contribution in [0.2, 0.25) is 10.0 Å². The van der Waals surface area contributed by atoms with E-state index in [-0.39, 0.29) is 17.3 Å². The van der Waals surface area contributed by atoms with Crippen molar-refractivity contribution < 1.29 is 13.6 Å². The van der Waals surface area contributed by atoms with Crippen LogP contribution in [0.3, 0.4) is 0 Å². The second kappa shape index (κ2) is 7.84. The van der Waals surface area contributed by atoms with Gasteiger partial charge in [-0.2, -0.15) is 0 Å². The van der Waals surface area contributed by atoms with Gasteiger partial charge >= 0.3 is 0 Å². The van der Waals surface area contributed by atoms with Crippen LogP contribution in [0.15, 0.2) is 47.0 Å². The predicted octanol–water partition coefficient (Wildman–Crippen LogP) is 6.20. The number of amides is 1. The molecule has 134 valence electrons. The van der Waals surface area contributed by atoms with Crippen molar-refractivity contribution >= 4 is 58.0 Å². The third-order valence-corrected chi connectivity index (χ3v) is 4.41. The van der Waals surface area contributed by atoms with Crippen LogP contribution < -0.4 is 5.32 Å². The Hall–Kier alpha value is -1.79. The number of hydrogen-bond acceptors (Lipinski definition) is 3. The molecule has 2 aromatic carbocycles. The molecule has 0 unspecified atom stereocenters. The molecule has 3 aromatic rings. The second-order valence-electron chi connectivity index (χ2n) is 5.11. The number of anilines is 1. The molecular weight excluding hydrogens is 425 g/mol. The zero-order chi connectivity index (χ0) is 18.8. The first-order valence-electron chi connectivity index (χ1n) is 7.16. The quantitative estimate of drug-likeness (QED) is 0.498. The SMILES string of the molecule is O=C(Nc1cc(F)ccc1-c1cnc(-c2c(Cl)cccc2Cl)o1)C(Cl)Cl. The predicted molar refractivity (Wildman–Crippen MR) is 101 cm³/mol. The van der Waals surface area contributed by atoms with Gasteiger partial charge in [-0.1, -0.05) is 52.5 Å². The van der Waals surface area contributed by atoms with Crippen LogP contribution in [-0.2, 0) is 4.79 Å². The van der Waals surface area contributed by atoms with Crippen molar-refractivity contribution in [2.24, 2.45) is 0 Å². The van der Waals surface area contributed by atoms with Crippen molar-refractivity contribution in [1.82, 2.24) is 4.98 Å². The molecule has 1 N–H and O–H groups in total. The maximum Gasteiger partial charge on any atom is 0.257 e. The fourth-order valence-corrected chi connectivity index (χ4v) is 2.91. The Morgan fingerprint density at radius 2 is 1.85 bits per heavy atom. The summed E-state index contributed by atoms with van der Waals surface area (Å²) in [6, 6.07) is 8.76. The number of oxazole rings is 1. The van der Waals surface area contributed by atoms with Gasteiger partial charge in [0.1, 0.15) is 5.82 Å². The molecule has 1 aromatic heterocycles. The number of hydrogen-bond donors (Lipinski definition) is 1. The summed E-state index contributed by atoms with van der Waals surface area (Å²) in [6.45, 7) is 0. The highest BCUT2D eigenvalue weighted by molar-refractivity contribution is 6.54. The molecule has 0 radical (unpaired) electrons. The lowest BCUT2D eigenvalue weighted by molar-refractivity contribution is -0.114. The lowest BCUT2D eigenvalue weighted by atomic mass is 10.1. The highest BCUT2D eigenvalue weighted by atomic mass is 35.5. The zero-order valence-corrected chi connectivity index (χ0v) is 15.8. The Kier molecular flexibility index (Phi) is 5.73. The number of rotatable bonds is 4. The van der Waals surface area contributed by atoms with Crippen molar-refractivity contribution in [3.05, 3.63) is 58.5 Å². The number of carbonyl (C=O) groups excluding carboxylic acids is 1. The molecule has 0 aliphatic rings. The number of alkyl halides is 2. The van der Waals surface area contributed by atoms with Crippen molar-refractivity contribution in [2.45, 2.75) is 4.84 Å². The summed E-state index contributed by atoms with van der Waals surface area (Å²) < 4.78 is 19.3. The lowest BCUT2D eigenvalue weighted by Gasteiger charge is -2.10. The molecule has 4 nitrogen and oxygen atoms in total. The van der Waals surface area contributed by atoms with E-state index in [0.29, 0.717) is 21.2 Å². The summed E-state index contributed by atoms with van der Waals surface area (Å²) in [4.78, 5) is 14.6. The molecule has 26 heavy (non-hydrogen) atoms. The smallest absolute Gasteiger partial charge is 0.257 e. The van der Waals surface area contributed by atoms with E-state index in [9.17, 15) is 9.18 Å². The van der Waals surface area contributed by atoms with E-state index in [1.165, 1.54) is 18.3 Å². The number of benzene rings is 2. The third-order valence-electron chi connectivity index (χ3n) is 3.39. The van der Waals surface area contributed by atoms with Gasteiger partial charge in [0.2, 0.25) is 5.89 Å². The first kappa shape index (κ1) is 19.0. The van der Waals surface area contributed by atoms with Crippen LogP contribution in [0.5, 0.6) is 0 Å². The van der Waals surface area contributed by atoms with Crippen LogP contribution in [0, 0.1) is 5.82 Å². The average molecular weight is 434 g/mol. The topological polar surface area (TPSA) is 55.1 Å². The minimum atomic E-state index is -1.31. The van der Waals surface area contributed by atoms with E-state index >= 15 is 0 Å². The molecule has 9 heteroatoms. The summed E-state index contributed by atoms with van der Waals surface area (Å²) in [6.07, 6.45) is 1.41. The largest absolute Gasteiger partial charge is 0.436 e. The molecule has 1 amide bonds. The normalized spacial score (nSPS) is 11.0. The molecule has 0 fully saturated rings. The first-order chi connectivity index (χ1) is 12.4. The Labute approximate surface area is 167 Å². The van der Waals surface area contributed by atoms with Gasteiger partial charge in [0.25, 0.3) is 5.91 Å². The van der Waals surface area contributed by atoms with Crippen LogP contribution in [0.1, 0.15) is 0 Å². The maximum absolute atomic E-state index is 13.6. The Morgan fingerprint density at radius 1 is 1.15 bits per heavy atom. The molecular formula is C17H9Cl4FN2O2. The van der Waals surface area contributed by atoms with Crippen molar-refractivity contribution in [3.63, 3.8) is 0 Å². The van der Waals surface area contributed by atoms with Gasteiger partial charge in [-0.25, -0.2) is 9.37 Å². The summed E-state index contributed by atoms with van der Waals surface area (Å²) >= 11 is 23.4. The minimum absolute atomic E-state index is 0.134. The minimum Gasteiger partial charge on any atom is -0.436 e. The Morgan fingerprint density at radius 3 is 2.50 bits per heavy atom. The van der Waals surface area contributed by atoms with Gasteiger partial charge in [-0.3, -0.25) is 4.79 Å². The first-order valence-corrected chi connectivity index (χ1v) is 8.79. The molecule has 0 saturated heterocycles. The third kappa shape index (κ3) is 3.96. The van der Waals surface area contributed by atoms with Gasteiger partial charge < -0.3 is 9.73 Å². The summed E-state index contributed by atoms with van der Waals surface area (Å²) in [7, 11) is 0. The van der Waals surface area contributed by atoms with Gasteiger partial charge in [-0.15, -0.1) is 0 Å².